The van der Waals surface area contributed by atoms with Crippen LogP contribution < -0.4 is 11.3 Å². The van der Waals surface area contributed by atoms with Crippen molar-refractivity contribution in [3.05, 3.63) is 29.6 Å². The van der Waals surface area contributed by atoms with Crippen LogP contribution in [0.25, 0.3) is 0 Å². The fourth-order valence-electron chi connectivity index (χ4n) is 1.16. The van der Waals surface area contributed by atoms with E-state index in [1.54, 1.807) is 12.1 Å². The summed E-state index contributed by atoms with van der Waals surface area (Å²) in [5.74, 6) is 4.67. The standard InChI is InChI=1S/C10H16N4O/c1-3-14(2)7-8-5-4-6-9(12-8)10(15)13-11/h4-6H,3,7,11H2,1-2H3,(H,13,15). The molecule has 0 radical (unpaired) electrons. The Labute approximate surface area is 89.3 Å². The van der Waals surface area contributed by atoms with Gasteiger partial charge < -0.3 is 4.90 Å². The van der Waals surface area contributed by atoms with Crippen molar-refractivity contribution in [3.8, 4) is 0 Å². The zero-order valence-corrected chi connectivity index (χ0v) is 9.03. The van der Waals surface area contributed by atoms with Gasteiger partial charge in [-0.15, -0.1) is 0 Å². The summed E-state index contributed by atoms with van der Waals surface area (Å²) in [6.07, 6.45) is 0. The van der Waals surface area contributed by atoms with Gasteiger partial charge in [-0.3, -0.25) is 10.2 Å². The quantitative estimate of drug-likeness (QED) is 0.419. The molecular weight excluding hydrogens is 192 g/mol. The Kier molecular flexibility index (Phi) is 4.20. The van der Waals surface area contributed by atoms with Gasteiger partial charge in [-0.05, 0) is 25.7 Å². The summed E-state index contributed by atoms with van der Waals surface area (Å²) in [6, 6.07) is 5.33. The van der Waals surface area contributed by atoms with Gasteiger partial charge >= 0.3 is 0 Å². The lowest BCUT2D eigenvalue weighted by atomic mass is 10.3. The first-order valence-corrected chi connectivity index (χ1v) is 4.82. The summed E-state index contributed by atoms with van der Waals surface area (Å²) in [4.78, 5) is 17.5. The molecule has 0 saturated heterocycles. The van der Waals surface area contributed by atoms with Gasteiger partial charge in [-0.25, -0.2) is 10.8 Å². The van der Waals surface area contributed by atoms with Crippen molar-refractivity contribution >= 4 is 5.91 Å². The third kappa shape index (κ3) is 3.30. The molecule has 0 atom stereocenters. The smallest absolute Gasteiger partial charge is 0.283 e. The predicted octanol–water partition coefficient (Wildman–Crippen LogP) is 0.137. The van der Waals surface area contributed by atoms with E-state index in [-0.39, 0.29) is 5.91 Å². The van der Waals surface area contributed by atoms with Crippen molar-refractivity contribution in [2.75, 3.05) is 13.6 Å². The van der Waals surface area contributed by atoms with E-state index >= 15 is 0 Å². The first kappa shape index (κ1) is 11.6. The van der Waals surface area contributed by atoms with E-state index in [1.807, 2.05) is 13.1 Å². The lowest BCUT2D eigenvalue weighted by molar-refractivity contribution is 0.0948. The lowest BCUT2D eigenvalue weighted by Gasteiger charge is -2.13. The number of hydrazine groups is 1. The van der Waals surface area contributed by atoms with E-state index in [0.29, 0.717) is 5.69 Å². The van der Waals surface area contributed by atoms with Crippen LogP contribution in [0.15, 0.2) is 18.2 Å². The molecule has 15 heavy (non-hydrogen) atoms. The minimum Gasteiger partial charge on any atom is -0.301 e. The van der Waals surface area contributed by atoms with Crippen LogP contribution in [0.1, 0.15) is 23.1 Å². The molecule has 0 aliphatic carbocycles. The van der Waals surface area contributed by atoms with E-state index in [2.05, 4.69) is 22.2 Å². The Morgan fingerprint density at radius 3 is 2.93 bits per heavy atom. The van der Waals surface area contributed by atoms with E-state index in [9.17, 15) is 4.79 Å². The summed E-state index contributed by atoms with van der Waals surface area (Å²) in [7, 11) is 2.00. The van der Waals surface area contributed by atoms with Gasteiger partial charge in [0.25, 0.3) is 5.91 Å². The monoisotopic (exact) mass is 208 g/mol. The number of nitrogens with one attached hydrogen (secondary N) is 1. The molecule has 1 amide bonds. The Morgan fingerprint density at radius 2 is 2.33 bits per heavy atom. The van der Waals surface area contributed by atoms with Crippen LogP contribution in [-0.2, 0) is 6.54 Å². The Bertz CT molecular complexity index is 340. The number of carbonyl (C=O) groups excluding carboxylic acids is 1. The molecule has 1 rings (SSSR count). The van der Waals surface area contributed by atoms with Gasteiger partial charge in [0.1, 0.15) is 5.69 Å². The molecule has 0 saturated carbocycles. The number of hydrogen-bond acceptors (Lipinski definition) is 4. The van der Waals surface area contributed by atoms with E-state index < -0.39 is 0 Å². The summed E-state index contributed by atoms with van der Waals surface area (Å²) in [5, 5.41) is 0. The summed E-state index contributed by atoms with van der Waals surface area (Å²) in [6.45, 7) is 3.73. The van der Waals surface area contributed by atoms with Crippen molar-refractivity contribution < 1.29 is 4.79 Å². The van der Waals surface area contributed by atoms with Gasteiger partial charge in [-0.1, -0.05) is 13.0 Å². The third-order valence-electron chi connectivity index (χ3n) is 2.14. The van der Waals surface area contributed by atoms with Crippen molar-refractivity contribution in [1.82, 2.24) is 15.3 Å². The maximum absolute atomic E-state index is 11.2. The zero-order valence-electron chi connectivity index (χ0n) is 9.03. The summed E-state index contributed by atoms with van der Waals surface area (Å²) >= 11 is 0. The molecule has 0 aliphatic heterocycles. The Hall–Kier alpha value is -1.46. The van der Waals surface area contributed by atoms with Gasteiger partial charge in [0, 0.05) is 6.54 Å². The molecule has 1 aromatic rings. The fourth-order valence-corrected chi connectivity index (χ4v) is 1.16. The highest BCUT2D eigenvalue weighted by Crippen LogP contribution is 2.02. The maximum Gasteiger partial charge on any atom is 0.283 e. The second-order valence-electron chi connectivity index (χ2n) is 3.32. The second-order valence-corrected chi connectivity index (χ2v) is 3.32. The van der Waals surface area contributed by atoms with Crippen LogP contribution >= 0.6 is 0 Å². The molecule has 5 nitrogen and oxygen atoms in total. The average Bonchev–Trinajstić information content (AvgIpc) is 2.28. The van der Waals surface area contributed by atoms with Gasteiger partial charge in [0.15, 0.2) is 0 Å². The zero-order chi connectivity index (χ0) is 11.3. The molecule has 5 heteroatoms. The van der Waals surface area contributed by atoms with Gasteiger partial charge in [-0.2, -0.15) is 0 Å². The number of nitrogen functional groups attached to an aromatic ring is 1. The molecule has 0 bridgehead atoms. The Morgan fingerprint density at radius 1 is 1.60 bits per heavy atom. The highest BCUT2D eigenvalue weighted by molar-refractivity contribution is 5.91. The number of nitrogens with two attached hydrogens (primary N) is 1. The minimum atomic E-state index is -0.365. The fraction of sp³-hybridized carbons (Fsp3) is 0.400. The van der Waals surface area contributed by atoms with Crippen LogP contribution in [0.5, 0.6) is 0 Å². The number of aromatic nitrogens is 1. The van der Waals surface area contributed by atoms with Crippen molar-refractivity contribution in [2.45, 2.75) is 13.5 Å². The van der Waals surface area contributed by atoms with Crippen molar-refractivity contribution in [3.63, 3.8) is 0 Å². The number of nitrogens with zero attached hydrogens (tertiary/aromatic N) is 2. The van der Waals surface area contributed by atoms with Gasteiger partial charge in [0.05, 0.1) is 5.69 Å². The predicted molar refractivity (Wildman–Crippen MR) is 57.9 cm³/mol. The second kappa shape index (κ2) is 5.43. The van der Waals surface area contributed by atoms with Gasteiger partial charge in [0.2, 0.25) is 0 Å². The number of hydrogen-bond donors (Lipinski definition) is 2. The summed E-state index contributed by atoms with van der Waals surface area (Å²) in [5.41, 5.74) is 3.27. The van der Waals surface area contributed by atoms with Crippen LogP contribution in [0.2, 0.25) is 0 Å². The molecule has 3 N–H and O–H groups in total. The van der Waals surface area contributed by atoms with Crippen LogP contribution in [0.4, 0.5) is 0 Å². The molecular formula is C10H16N4O. The Balaban J connectivity index is 2.78. The highest BCUT2D eigenvalue weighted by Gasteiger charge is 2.06. The molecule has 0 unspecified atom stereocenters. The summed E-state index contributed by atoms with van der Waals surface area (Å²) < 4.78 is 0. The van der Waals surface area contributed by atoms with Crippen molar-refractivity contribution in [1.29, 1.82) is 0 Å². The third-order valence-corrected chi connectivity index (χ3v) is 2.14. The number of pyridine rings is 1. The lowest BCUT2D eigenvalue weighted by Crippen LogP contribution is -2.31. The van der Waals surface area contributed by atoms with Crippen LogP contribution in [0, 0.1) is 0 Å². The van der Waals surface area contributed by atoms with Crippen molar-refractivity contribution in [2.24, 2.45) is 5.84 Å². The number of carbonyl (C=O) groups is 1. The molecule has 1 heterocycles. The first-order valence-electron chi connectivity index (χ1n) is 4.82. The topological polar surface area (TPSA) is 71.2 Å². The normalized spacial score (nSPS) is 10.4. The van der Waals surface area contributed by atoms with Crippen LogP contribution in [-0.4, -0.2) is 29.4 Å². The number of rotatable bonds is 4. The maximum atomic E-state index is 11.2. The minimum absolute atomic E-state index is 0.347. The average molecular weight is 208 g/mol. The molecule has 0 aliphatic rings. The molecule has 0 aromatic carbocycles. The van der Waals surface area contributed by atoms with E-state index in [0.717, 1.165) is 18.8 Å². The first-order chi connectivity index (χ1) is 7.17. The highest BCUT2D eigenvalue weighted by atomic mass is 16.2. The molecule has 82 valence electrons. The molecule has 0 spiro atoms. The largest absolute Gasteiger partial charge is 0.301 e. The number of amides is 1. The SMILES string of the molecule is CCN(C)Cc1cccc(C(=O)NN)n1. The molecule has 1 aromatic heterocycles. The van der Waals surface area contributed by atoms with E-state index in [1.165, 1.54) is 0 Å². The van der Waals surface area contributed by atoms with E-state index in [4.69, 9.17) is 5.84 Å². The van der Waals surface area contributed by atoms with Crippen LogP contribution in [0.3, 0.4) is 0 Å². The molecule has 0 fully saturated rings.